The first-order chi connectivity index (χ1) is 11.9. The van der Waals surface area contributed by atoms with Gasteiger partial charge in [0.05, 0.1) is 19.3 Å². The lowest BCUT2D eigenvalue weighted by Gasteiger charge is -2.59. The fourth-order valence-corrected chi connectivity index (χ4v) is 8.24. The van der Waals surface area contributed by atoms with E-state index in [0.717, 1.165) is 51.7 Å². The maximum Gasteiger partial charge on any atom is 0.169 e. The van der Waals surface area contributed by atoms with E-state index in [-0.39, 0.29) is 28.1 Å². The highest BCUT2D eigenvalue weighted by atomic mass is 16.7. The molecule has 0 aromatic carbocycles. The van der Waals surface area contributed by atoms with Gasteiger partial charge in [0.25, 0.3) is 0 Å². The smallest absolute Gasteiger partial charge is 0.169 e. The van der Waals surface area contributed by atoms with Gasteiger partial charge >= 0.3 is 0 Å². The van der Waals surface area contributed by atoms with E-state index in [1.807, 2.05) is 0 Å². The van der Waals surface area contributed by atoms with E-state index in [4.69, 9.17) is 14.2 Å². The minimum Gasteiger partial charge on any atom is -0.365 e. The van der Waals surface area contributed by atoms with Gasteiger partial charge in [0, 0.05) is 30.6 Å². The highest BCUT2D eigenvalue weighted by Crippen LogP contribution is 2.74. The number of epoxide rings is 1. The van der Waals surface area contributed by atoms with Crippen LogP contribution in [0, 0.1) is 28.6 Å². The average Bonchev–Trinajstić information content (AvgIpc) is 2.95. The Kier molecular flexibility index (Phi) is 2.81. The van der Waals surface area contributed by atoms with Gasteiger partial charge < -0.3 is 14.2 Å². The Bertz CT molecular complexity index is 640. The molecule has 0 unspecified atom stereocenters. The molecule has 0 amide bonds. The maximum atomic E-state index is 12.8. The van der Waals surface area contributed by atoms with Gasteiger partial charge in [-0.05, 0) is 49.4 Å². The van der Waals surface area contributed by atoms with Gasteiger partial charge in [0.15, 0.2) is 5.79 Å². The Hall–Kier alpha value is -0.450. The van der Waals surface area contributed by atoms with Gasteiger partial charge in [-0.1, -0.05) is 13.8 Å². The lowest BCUT2D eigenvalue weighted by Crippen LogP contribution is -2.61. The van der Waals surface area contributed by atoms with Gasteiger partial charge in [-0.25, -0.2) is 0 Å². The molecule has 0 N–H and O–H groups in total. The first kappa shape index (κ1) is 15.6. The van der Waals surface area contributed by atoms with Crippen LogP contribution in [0.5, 0.6) is 0 Å². The largest absolute Gasteiger partial charge is 0.365 e. The summed E-state index contributed by atoms with van der Waals surface area (Å²) >= 11 is 0. The molecule has 0 radical (unpaired) electrons. The molecular formula is C21H30O4. The van der Waals surface area contributed by atoms with Gasteiger partial charge in [0.2, 0.25) is 0 Å². The van der Waals surface area contributed by atoms with Crippen LogP contribution in [0.1, 0.15) is 65.2 Å². The molecule has 6 rings (SSSR count). The summed E-state index contributed by atoms with van der Waals surface area (Å²) in [6, 6.07) is 0. The molecule has 138 valence electrons. The Morgan fingerprint density at radius 2 is 1.84 bits per heavy atom. The van der Waals surface area contributed by atoms with Crippen molar-refractivity contribution in [1.29, 1.82) is 0 Å². The molecule has 0 aromatic rings. The molecule has 2 saturated heterocycles. The van der Waals surface area contributed by atoms with Crippen LogP contribution in [0.15, 0.2) is 0 Å². The van der Waals surface area contributed by atoms with E-state index in [1.165, 1.54) is 12.8 Å². The summed E-state index contributed by atoms with van der Waals surface area (Å²) in [7, 11) is 0. The van der Waals surface area contributed by atoms with Crippen molar-refractivity contribution in [2.24, 2.45) is 28.6 Å². The SMILES string of the molecule is C[C@@]12CCC(=O)[C@H]1[C@@H]1C[C@H]3O[C@@]34CCC3(C[C@]4(C)[C@H]1CC2)OCCO3. The van der Waals surface area contributed by atoms with E-state index in [9.17, 15) is 4.79 Å². The Morgan fingerprint density at radius 1 is 1.04 bits per heavy atom. The van der Waals surface area contributed by atoms with Crippen LogP contribution in [-0.4, -0.2) is 36.5 Å². The monoisotopic (exact) mass is 346 g/mol. The third-order valence-corrected chi connectivity index (χ3v) is 9.43. The number of carbonyl (C=O) groups excluding carboxylic acids is 1. The Morgan fingerprint density at radius 3 is 2.64 bits per heavy atom. The number of carbonyl (C=O) groups is 1. The van der Waals surface area contributed by atoms with Crippen LogP contribution >= 0.6 is 0 Å². The van der Waals surface area contributed by atoms with Gasteiger partial charge in [-0.2, -0.15) is 0 Å². The van der Waals surface area contributed by atoms with Crippen molar-refractivity contribution in [3.63, 3.8) is 0 Å². The molecule has 0 bridgehead atoms. The van der Waals surface area contributed by atoms with Crippen LogP contribution in [0.3, 0.4) is 0 Å². The lowest BCUT2D eigenvalue weighted by molar-refractivity contribution is -0.234. The zero-order chi connectivity index (χ0) is 17.1. The summed E-state index contributed by atoms with van der Waals surface area (Å²) < 4.78 is 18.7. The highest BCUT2D eigenvalue weighted by Gasteiger charge is 2.78. The molecule has 25 heavy (non-hydrogen) atoms. The van der Waals surface area contributed by atoms with Crippen molar-refractivity contribution < 1.29 is 19.0 Å². The third kappa shape index (κ3) is 1.73. The quantitative estimate of drug-likeness (QED) is 0.630. The molecule has 6 aliphatic rings. The fourth-order valence-electron chi connectivity index (χ4n) is 8.24. The van der Waals surface area contributed by atoms with Crippen molar-refractivity contribution in [3.05, 3.63) is 0 Å². The van der Waals surface area contributed by atoms with Crippen molar-refractivity contribution in [2.45, 2.75) is 82.7 Å². The van der Waals surface area contributed by atoms with Gasteiger partial charge in [0.1, 0.15) is 11.4 Å². The third-order valence-electron chi connectivity index (χ3n) is 9.43. The summed E-state index contributed by atoms with van der Waals surface area (Å²) in [6.07, 6.45) is 8.82. The number of Topliss-reactive ketones (excluding diaryl/α,β-unsaturated/α-hetero) is 1. The molecule has 4 heteroatoms. The summed E-state index contributed by atoms with van der Waals surface area (Å²) in [5.74, 6) is 1.52. The number of ether oxygens (including phenoxy) is 3. The first-order valence-corrected chi connectivity index (χ1v) is 10.4. The summed E-state index contributed by atoms with van der Waals surface area (Å²) in [4.78, 5) is 12.8. The molecule has 4 saturated carbocycles. The number of hydrogen-bond donors (Lipinski definition) is 0. The van der Waals surface area contributed by atoms with E-state index in [2.05, 4.69) is 13.8 Å². The fraction of sp³-hybridized carbons (Fsp3) is 0.952. The Balaban J connectivity index is 1.40. The topological polar surface area (TPSA) is 48.1 Å². The van der Waals surface area contributed by atoms with Crippen molar-refractivity contribution in [2.75, 3.05) is 13.2 Å². The standard InChI is InChI=1S/C21H30O4/c1-18-5-3-14-13(17(18)15(22)4-6-18)11-16-21(25-16)8-7-20(12-19(14,21)2)23-9-10-24-20/h13-14,16-17H,3-12H2,1-2H3/t13-,14+,16-,17-,18-,19-,21+/m1/s1. The van der Waals surface area contributed by atoms with Crippen molar-refractivity contribution >= 4 is 5.78 Å². The summed E-state index contributed by atoms with van der Waals surface area (Å²) in [5.41, 5.74) is 0.383. The van der Waals surface area contributed by atoms with Crippen LogP contribution in [0.25, 0.3) is 0 Å². The van der Waals surface area contributed by atoms with Crippen molar-refractivity contribution in [3.8, 4) is 0 Å². The molecule has 4 nitrogen and oxygen atoms in total. The van der Waals surface area contributed by atoms with Crippen LogP contribution in [0.4, 0.5) is 0 Å². The zero-order valence-electron chi connectivity index (χ0n) is 15.5. The van der Waals surface area contributed by atoms with Crippen molar-refractivity contribution in [1.82, 2.24) is 0 Å². The molecule has 2 heterocycles. The first-order valence-electron chi connectivity index (χ1n) is 10.4. The van der Waals surface area contributed by atoms with Crippen LogP contribution < -0.4 is 0 Å². The number of fused-ring (bicyclic) bond motifs is 4. The van der Waals surface area contributed by atoms with E-state index < -0.39 is 0 Å². The second-order valence-corrected chi connectivity index (χ2v) is 10.3. The van der Waals surface area contributed by atoms with E-state index >= 15 is 0 Å². The second kappa shape index (κ2) is 4.51. The van der Waals surface area contributed by atoms with Crippen LogP contribution in [0.2, 0.25) is 0 Å². The molecular weight excluding hydrogens is 316 g/mol. The minimum atomic E-state index is -0.376. The summed E-state index contributed by atoms with van der Waals surface area (Å²) in [6.45, 7) is 6.27. The molecule has 0 aromatic heterocycles. The van der Waals surface area contributed by atoms with Gasteiger partial charge in [-0.3, -0.25) is 4.79 Å². The predicted molar refractivity (Wildman–Crippen MR) is 90.9 cm³/mol. The molecule has 6 fully saturated rings. The molecule has 7 atom stereocenters. The molecule has 4 aliphatic carbocycles. The lowest BCUT2D eigenvalue weighted by atomic mass is 9.44. The molecule has 2 aliphatic heterocycles. The average molecular weight is 346 g/mol. The predicted octanol–water partition coefficient (Wildman–Crippen LogP) is 3.47. The zero-order valence-corrected chi connectivity index (χ0v) is 15.5. The van der Waals surface area contributed by atoms with E-state index in [1.54, 1.807) is 0 Å². The normalized spacial score (nSPS) is 58.4. The van der Waals surface area contributed by atoms with Gasteiger partial charge in [-0.15, -0.1) is 0 Å². The summed E-state index contributed by atoms with van der Waals surface area (Å²) in [5, 5.41) is 0. The van der Waals surface area contributed by atoms with E-state index in [0.29, 0.717) is 23.7 Å². The number of hydrogen-bond acceptors (Lipinski definition) is 4. The Labute approximate surface area is 150 Å². The second-order valence-electron chi connectivity index (χ2n) is 10.3. The molecule has 2 spiro atoms. The minimum absolute atomic E-state index is 0.0458. The van der Waals surface area contributed by atoms with Crippen LogP contribution in [-0.2, 0) is 19.0 Å². The maximum absolute atomic E-state index is 12.8. The number of ketones is 1. The number of rotatable bonds is 0. The highest BCUT2D eigenvalue weighted by molar-refractivity contribution is 5.84.